The summed E-state index contributed by atoms with van der Waals surface area (Å²) in [6.45, 7) is 2.39. The number of thiazole rings is 1. The van der Waals surface area contributed by atoms with E-state index >= 15 is 0 Å². The van der Waals surface area contributed by atoms with Crippen molar-refractivity contribution < 1.29 is 9.53 Å². The molecule has 0 bridgehead atoms. The van der Waals surface area contributed by atoms with Crippen molar-refractivity contribution >= 4 is 17.2 Å². The van der Waals surface area contributed by atoms with Crippen LogP contribution >= 0.6 is 11.3 Å². The molecule has 0 saturated heterocycles. The first-order valence-corrected chi connectivity index (χ1v) is 6.86. The van der Waals surface area contributed by atoms with Crippen LogP contribution in [0.2, 0.25) is 0 Å². The minimum Gasteiger partial charge on any atom is -0.496 e. The van der Waals surface area contributed by atoms with Crippen LogP contribution in [-0.2, 0) is 17.8 Å². The number of nitrogens with one attached hydrogen (secondary N) is 1. The molecule has 0 fully saturated rings. The second kappa shape index (κ2) is 6.33. The molecule has 0 unspecified atom stereocenters. The summed E-state index contributed by atoms with van der Waals surface area (Å²) in [5.74, 6) is 0.758. The summed E-state index contributed by atoms with van der Waals surface area (Å²) in [7, 11) is 1.62. The summed E-state index contributed by atoms with van der Waals surface area (Å²) in [4.78, 5) is 16.1. The molecule has 0 aliphatic carbocycles. The lowest BCUT2D eigenvalue weighted by Gasteiger charge is -2.08. The summed E-state index contributed by atoms with van der Waals surface area (Å²) >= 11 is 1.51. The Morgan fingerprint density at radius 1 is 1.42 bits per heavy atom. The van der Waals surface area contributed by atoms with Crippen molar-refractivity contribution in [3.05, 3.63) is 45.9 Å². The Hall–Kier alpha value is -1.88. The van der Waals surface area contributed by atoms with Gasteiger partial charge in [-0.1, -0.05) is 18.2 Å². The molecule has 2 rings (SSSR count). The number of nitrogens with zero attached hydrogens (tertiary/aromatic N) is 1. The van der Waals surface area contributed by atoms with Gasteiger partial charge in [0.2, 0.25) is 5.91 Å². The molecule has 5 heteroatoms. The van der Waals surface area contributed by atoms with Crippen LogP contribution in [0, 0.1) is 6.92 Å². The second-order valence-corrected chi connectivity index (χ2v) is 5.09. The molecule has 0 aliphatic rings. The lowest BCUT2D eigenvalue weighted by molar-refractivity contribution is -0.120. The van der Waals surface area contributed by atoms with E-state index in [1.165, 1.54) is 11.3 Å². The number of ether oxygens (including phenoxy) is 1. The zero-order chi connectivity index (χ0) is 13.7. The van der Waals surface area contributed by atoms with E-state index < -0.39 is 0 Å². The lowest BCUT2D eigenvalue weighted by atomic mass is 10.2. The molecule has 0 saturated carbocycles. The highest BCUT2D eigenvalue weighted by Gasteiger charge is 2.08. The van der Waals surface area contributed by atoms with E-state index in [2.05, 4.69) is 10.3 Å². The standard InChI is InChI=1S/C14H16N2O2S/c1-10-9-19-14(16-10)7-13(17)15-8-11-5-3-4-6-12(11)18-2/h3-6,9H,7-8H2,1-2H3,(H,15,17). The molecular weight excluding hydrogens is 260 g/mol. The van der Waals surface area contributed by atoms with Gasteiger partial charge in [0.05, 0.1) is 13.5 Å². The zero-order valence-corrected chi connectivity index (χ0v) is 11.8. The summed E-state index contributed by atoms with van der Waals surface area (Å²) in [5, 5.41) is 5.67. The summed E-state index contributed by atoms with van der Waals surface area (Å²) in [5.41, 5.74) is 1.92. The Morgan fingerprint density at radius 3 is 2.89 bits per heavy atom. The second-order valence-electron chi connectivity index (χ2n) is 4.15. The fraction of sp³-hybridized carbons (Fsp3) is 0.286. The van der Waals surface area contributed by atoms with E-state index in [0.29, 0.717) is 13.0 Å². The molecule has 0 radical (unpaired) electrons. The zero-order valence-electron chi connectivity index (χ0n) is 11.0. The largest absolute Gasteiger partial charge is 0.496 e. The van der Waals surface area contributed by atoms with Crippen molar-refractivity contribution in [3.8, 4) is 5.75 Å². The molecule has 1 N–H and O–H groups in total. The first-order chi connectivity index (χ1) is 9.19. The van der Waals surface area contributed by atoms with Crippen LogP contribution in [0.3, 0.4) is 0 Å². The number of para-hydroxylation sites is 1. The molecule has 0 atom stereocenters. The number of aryl methyl sites for hydroxylation is 1. The van der Waals surface area contributed by atoms with Gasteiger partial charge < -0.3 is 10.1 Å². The fourth-order valence-electron chi connectivity index (χ4n) is 1.73. The number of amides is 1. The van der Waals surface area contributed by atoms with Crippen molar-refractivity contribution in [1.29, 1.82) is 0 Å². The number of hydrogen-bond donors (Lipinski definition) is 1. The van der Waals surface area contributed by atoms with Crippen LogP contribution in [0.15, 0.2) is 29.6 Å². The Balaban J connectivity index is 1.89. The SMILES string of the molecule is COc1ccccc1CNC(=O)Cc1nc(C)cs1. The maximum absolute atomic E-state index is 11.8. The predicted molar refractivity (Wildman–Crippen MR) is 75.4 cm³/mol. The molecule has 100 valence electrons. The molecule has 0 spiro atoms. The molecule has 0 aliphatic heterocycles. The molecular formula is C14H16N2O2S. The molecule has 1 aromatic heterocycles. The van der Waals surface area contributed by atoms with Crippen molar-refractivity contribution in [3.63, 3.8) is 0 Å². The number of aromatic nitrogens is 1. The third-order valence-electron chi connectivity index (χ3n) is 2.65. The monoisotopic (exact) mass is 276 g/mol. The van der Waals surface area contributed by atoms with Gasteiger partial charge in [-0.25, -0.2) is 4.98 Å². The van der Waals surface area contributed by atoms with Gasteiger partial charge >= 0.3 is 0 Å². The summed E-state index contributed by atoms with van der Waals surface area (Å²) in [6, 6.07) is 7.65. The quantitative estimate of drug-likeness (QED) is 0.911. The summed E-state index contributed by atoms with van der Waals surface area (Å²) in [6.07, 6.45) is 0.327. The average Bonchev–Trinajstić information content (AvgIpc) is 2.82. The highest BCUT2D eigenvalue weighted by atomic mass is 32.1. The van der Waals surface area contributed by atoms with Crippen LogP contribution < -0.4 is 10.1 Å². The van der Waals surface area contributed by atoms with Crippen LogP contribution in [0.25, 0.3) is 0 Å². The number of benzene rings is 1. The first kappa shape index (κ1) is 13.5. The van der Waals surface area contributed by atoms with Crippen molar-refractivity contribution in [1.82, 2.24) is 10.3 Å². The third-order valence-corrected chi connectivity index (χ3v) is 3.61. The first-order valence-electron chi connectivity index (χ1n) is 5.98. The van der Waals surface area contributed by atoms with Gasteiger partial charge in [-0.3, -0.25) is 4.79 Å². The average molecular weight is 276 g/mol. The van der Waals surface area contributed by atoms with E-state index in [1.54, 1.807) is 7.11 Å². The maximum atomic E-state index is 11.8. The number of rotatable bonds is 5. The van der Waals surface area contributed by atoms with Gasteiger partial charge in [0.15, 0.2) is 0 Å². The van der Waals surface area contributed by atoms with Gasteiger partial charge in [0, 0.05) is 23.2 Å². The van der Waals surface area contributed by atoms with Gasteiger partial charge in [-0.15, -0.1) is 11.3 Å². The highest BCUT2D eigenvalue weighted by Crippen LogP contribution is 2.16. The van der Waals surface area contributed by atoms with E-state index in [4.69, 9.17) is 4.74 Å². The molecule has 1 aromatic carbocycles. The van der Waals surface area contributed by atoms with Crippen molar-refractivity contribution in [2.75, 3.05) is 7.11 Å². The Kier molecular flexibility index (Phi) is 4.52. The minimum absolute atomic E-state index is 0.0275. The Labute approximate surface area is 116 Å². The number of carbonyl (C=O) groups is 1. The van der Waals surface area contributed by atoms with Crippen LogP contribution in [0.1, 0.15) is 16.3 Å². The predicted octanol–water partition coefficient (Wildman–Crippen LogP) is 2.32. The normalized spacial score (nSPS) is 10.2. The third kappa shape index (κ3) is 3.79. The number of hydrogen-bond acceptors (Lipinski definition) is 4. The smallest absolute Gasteiger partial charge is 0.227 e. The Bertz CT molecular complexity index is 566. The van der Waals surface area contributed by atoms with Crippen LogP contribution in [-0.4, -0.2) is 18.0 Å². The van der Waals surface area contributed by atoms with E-state index in [-0.39, 0.29) is 5.91 Å². The number of methoxy groups -OCH3 is 1. The van der Waals surface area contributed by atoms with Gasteiger partial charge in [0.1, 0.15) is 10.8 Å². The molecule has 1 heterocycles. The van der Waals surface area contributed by atoms with Gasteiger partial charge in [0.25, 0.3) is 0 Å². The van der Waals surface area contributed by atoms with E-state index in [0.717, 1.165) is 22.0 Å². The summed E-state index contributed by atoms with van der Waals surface area (Å²) < 4.78 is 5.24. The molecule has 2 aromatic rings. The molecule has 19 heavy (non-hydrogen) atoms. The molecule has 4 nitrogen and oxygen atoms in total. The van der Waals surface area contributed by atoms with Gasteiger partial charge in [-0.2, -0.15) is 0 Å². The van der Waals surface area contributed by atoms with Crippen LogP contribution in [0.5, 0.6) is 5.75 Å². The van der Waals surface area contributed by atoms with Crippen molar-refractivity contribution in [2.45, 2.75) is 19.9 Å². The fourth-order valence-corrected chi connectivity index (χ4v) is 2.50. The lowest BCUT2D eigenvalue weighted by Crippen LogP contribution is -2.24. The van der Waals surface area contributed by atoms with E-state index in [9.17, 15) is 4.79 Å². The van der Waals surface area contributed by atoms with Gasteiger partial charge in [-0.05, 0) is 13.0 Å². The highest BCUT2D eigenvalue weighted by molar-refractivity contribution is 7.09. The maximum Gasteiger partial charge on any atom is 0.227 e. The van der Waals surface area contributed by atoms with E-state index in [1.807, 2.05) is 36.6 Å². The Morgan fingerprint density at radius 2 is 2.21 bits per heavy atom. The van der Waals surface area contributed by atoms with Crippen LogP contribution in [0.4, 0.5) is 0 Å². The minimum atomic E-state index is -0.0275. The number of carbonyl (C=O) groups excluding carboxylic acids is 1. The van der Waals surface area contributed by atoms with Crippen molar-refractivity contribution in [2.24, 2.45) is 0 Å². The topological polar surface area (TPSA) is 51.2 Å². The molecule has 1 amide bonds.